The highest BCUT2D eigenvalue weighted by Gasteiger charge is 2.19. The molecule has 8 rings (SSSR count). The van der Waals surface area contributed by atoms with Crippen LogP contribution in [0.4, 0.5) is 23.0 Å². The molecule has 18 heteroatoms. The van der Waals surface area contributed by atoms with E-state index >= 15 is 0 Å². The highest BCUT2D eigenvalue weighted by atomic mass is 32.2. The lowest BCUT2D eigenvalue weighted by atomic mass is 10.1. The lowest BCUT2D eigenvalue weighted by Gasteiger charge is -2.12. The zero-order valence-electron chi connectivity index (χ0n) is 33.1. The van der Waals surface area contributed by atoms with Gasteiger partial charge in [-0.1, -0.05) is 121 Å². The predicted octanol–water partition coefficient (Wildman–Crippen LogP) is 12.0. The fourth-order valence-corrected chi connectivity index (χ4v) is 10.8. The van der Waals surface area contributed by atoms with Gasteiger partial charge in [-0.05, 0) is 107 Å². The Bertz CT molecular complexity index is 2840. The maximum Gasteiger partial charge on any atom is 0.295 e. The van der Waals surface area contributed by atoms with E-state index in [2.05, 4.69) is 20.6 Å². The second-order valence-corrected chi connectivity index (χ2v) is 20.5. The summed E-state index contributed by atoms with van der Waals surface area (Å²) < 4.78 is 71.9. The number of anilines is 4. The SMILES string of the molecule is O=S(=O)(O)c1cc(Nc2cc(Sc3ccccc3)nc(Sc3ccccc3)n2)ccc1C=Cc1ccc(Nc2cc(Sc3ccccc3)nc(Sc3ccccc3)n2)cc1S(=O)(=O)O. The molecular weight excluding hydrogens is 925 g/mol. The molecule has 0 spiro atoms. The van der Waals surface area contributed by atoms with Crippen molar-refractivity contribution < 1.29 is 25.9 Å². The van der Waals surface area contributed by atoms with Gasteiger partial charge >= 0.3 is 0 Å². The van der Waals surface area contributed by atoms with Crippen molar-refractivity contribution in [3.63, 3.8) is 0 Å². The molecule has 8 aromatic rings. The van der Waals surface area contributed by atoms with Crippen molar-refractivity contribution in [2.45, 2.75) is 49.7 Å². The minimum atomic E-state index is -4.80. The number of hydrogen-bond acceptors (Lipinski definition) is 14. The van der Waals surface area contributed by atoms with Crippen LogP contribution in [0.15, 0.2) is 220 Å². The van der Waals surface area contributed by atoms with Crippen LogP contribution in [0.1, 0.15) is 11.1 Å². The Kier molecular flexibility index (Phi) is 14.1. The first-order chi connectivity index (χ1) is 30.9. The van der Waals surface area contributed by atoms with E-state index in [-0.39, 0.29) is 11.1 Å². The Morgan fingerprint density at radius 2 is 0.734 bits per heavy atom. The molecule has 64 heavy (non-hydrogen) atoms. The zero-order chi connectivity index (χ0) is 44.5. The molecule has 0 saturated heterocycles. The van der Waals surface area contributed by atoms with Gasteiger partial charge in [0, 0.05) is 43.1 Å². The Balaban J connectivity index is 1.07. The predicted molar refractivity (Wildman–Crippen MR) is 254 cm³/mol. The molecular formula is C46H34N6O6S6. The molecule has 0 aliphatic carbocycles. The van der Waals surface area contributed by atoms with E-state index in [1.807, 2.05) is 121 Å². The van der Waals surface area contributed by atoms with Crippen molar-refractivity contribution in [2.24, 2.45) is 0 Å². The van der Waals surface area contributed by atoms with Gasteiger partial charge in [-0.25, -0.2) is 19.9 Å². The third-order valence-corrected chi connectivity index (χ3v) is 14.2. The summed E-state index contributed by atoms with van der Waals surface area (Å²) in [4.78, 5) is 21.7. The van der Waals surface area contributed by atoms with Crippen LogP contribution in [-0.4, -0.2) is 45.9 Å². The van der Waals surface area contributed by atoms with Gasteiger partial charge in [-0.15, -0.1) is 0 Å². The third-order valence-electron chi connectivity index (χ3n) is 8.77. The molecule has 0 radical (unpaired) electrons. The summed E-state index contributed by atoms with van der Waals surface area (Å²) in [5.41, 5.74) is 0.689. The fraction of sp³-hybridized carbons (Fsp3) is 0. The first-order valence-corrected chi connectivity index (χ1v) is 25.2. The minimum absolute atomic E-state index is 0.0488. The maximum absolute atomic E-state index is 12.8. The number of benzene rings is 6. The van der Waals surface area contributed by atoms with Gasteiger partial charge < -0.3 is 10.6 Å². The Hall–Kier alpha value is -5.96. The summed E-state index contributed by atoms with van der Waals surface area (Å²) in [6, 6.07) is 50.7. The van der Waals surface area contributed by atoms with Gasteiger partial charge in [-0.2, -0.15) is 16.8 Å². The van der Waals surface area contributed by atoms with Gasteiger partial charge in [0.05, 0.1) is 0 Å². The highest BCUT2D eigenvalue weighted by Crippen LogP contribution is 2.35. The molecule has 0 amide bonds. The lowest BCUT2D eigenvalue weighted by molar-refractivity contribution is 0.480. The van der Waals surface area contributed by atoms with Gasteiger partial charge in [0.2, 0.25) is 0 Å². The van der Waals surface area contributed by atoms with E-state index in [0.29, 0.717) is 43.4 Å². The fourth-order valence-electron chi connectivity index (χ4n) is 5.96. The number of aromatic nitrogens is 4. The van der Waals surface area contributed by atoms with Gasteiger partial charge in [0.15, 0.2) is 10.3 Å². The van der Waals surface area contributed by atoms with E-state index in [9.17, 15) is 25.9 Å². The van der Waals surface area contributed by atoms with Crippen molar-refractivity contribution in [2.75, 3.05) is 10.6 Å². The molecule has 0 aliphatic rings. The second kappa shape index (κ2) is 20.3. The molecule has 0 unspecified atom stereocenters. The molecule has 12 nitrogen and oxygen atoms in total. The van der Waals surface area contributed by atoms with Crippen molar-refractivity contribution in [1.82, 2.24) is 19.9 Å². The van der Waals surface area contributed by atoms with Gasteiger partial charge in [-0.3, -0.25) is 9.11 Å². The van der Waals surface area contributed by atoms with Crippen LogP contribution >= 0.6 is 47.0 Å². The molecule has 0 atom stereocenters. The van der Waals surface area contributed by atoms with Crippen LogP contribution in [0.5, 0.6) is 0 Å². The van der Waals surface area contributed by atoms with E-state index in [0.717, 1.165) is 19.6 Å². The summed E-state index contributed by atoms with van der Waals surface area (Å²) in [6.45, 7) is 0. The average Bonchev–Trinajstić information content (AvgIpc) is 3.27. The Labute approximate surface area is 387 Å². The third kappa shape index (κ3) is 12.4. The second-order valence-electron chi connectivity index (χ2n) is 13.4. The summed E-state index contributed by atoms with van der Waals surface area (Å²) in [6.07, 6.45) is 2.67. The number of nitrogens with zero attached hydrogens (tertiary/aromatic N) is 4. The number of nitrogens with one attached hydrogen (secondary N) is 2. The Morgan fingerprint density at radius 1 is 0.406 bits per heavy atom. The van der Waals surface area contributed by atoms with Crippen molar-refractivity contribution >= 4 is 102 Å². The molecule has 2 heterocycles. The van der Waals surface area contributed by atoms with Crippen molar-refractivity contribution in [3.8, 4) is 0 Å². The first kappa shape index (κ1) is 44.6. The molecule has 320 valence electrons. The standard InChI is InChI=1S/C46H34N6O6S6/c53-63(54,55)39-27-33(47-41-29-43(59-35-13-5-1-6-14-35)51-45(49-41)61-37-17-9-3-10-18-37)25-23-31(39)21-22-32-24-26-34(28-40(32)64(56,57)58)48-42-30-44(60-36-15-7-2-8-16-36)52-46(50-42)62-38-19-11-4-12-20-38/h1-30H,(H,47,49,51)(H,48,50,52)(H,53,54,55)(H,56,57,58). The van der Waals surface area contributed by atoms with Crippen molar-refractivity contribution in [1.29, 1.82) is 0 Å². The van der Waals surface area contributed by atoms with E-state index in [1.54, 1.807) is 24.3 Å². The van der Waals surface area contributed by atoms with E-state index in [1.165, 1.54) is 83.5 Å². The Morgan fingerprint density at radius 3 is 1.06 bits per heavy atom. The van der Waals surface area contributed by atoms with Crippen LogP contribution in [0.3, 0.4) is 0 Å². The van der Waals surface area contributed by atoms with Crippen LogP contribution in [-0.2, 0) is 20.2 Å². The van der Waals surface area contributed by atoms with Crippen LogP contribution in [0, 0.1) is 0 Å². The maximum atomic E-state index is 12.8. The molecule has 0 fully saturated rings. The molecule has 0 aliphatic heterocycles. The quantitative estimate of drug-likeness (QED) is 0.0310. The number of rotatable bonds is 16. The molecule has 6 aromatic carbocycles. The topological polar surface area (TPSA) is 184 Å². The average molecular weight is 959 g/mol. The first-order valence-electron chi connectivity index (χ1n) is 19.0. The summed E-state index contributed by atoms with van der Waals surface area (Å²) >= 11 is 5.60. The molecule has 0 bridgehead atoms. The van der Waals surface area contributed by atoms with Crippen LogP contribution < -0.4 is 10.6 Å². The van der Waals surface area contributed by atoms with Crippen LogP contribution in [0.25, 0.3) is 12.2 Å². The van der Waals surface area contributed by atoms with Gasteiger partial charge in [0.1, 0.15) is 31.5 Å². The minimum Gasteiger partial charge on any atom is -0.340 e. The molecule has 0 saturated carbocycles. The molecule has 4 N–H and O–H groups in total. The normalized spacial score (nSPS) is 11.7. The summed E-state index contributed by atoms with van der Waals surface area (Å²) in [7, 11) is -9.61. The van der Waals surface area contributed by atoms with Gasteiger partial charge in [0.25, 0.3) is 20.2 Å². The molecule has 2 aromatic heterocycles. The lowest BCUT2D eigenvalue weighted by Crippen LogP contribution is -2.04. The number of hydrogen-bond donors (Lipinski definition) is 4. The zero-order valence-corrected chi connectivity index (χ0v) is 38.0. The van der Waals surface area contributed by atoms with Crippen molar-refractivity contribution in [3.05, 3.63) is 181 Å². The van der Waals surface area contributed by atoms with Crippen LogP contribution in [0.2, 0.25) is 0 Å². The smallest absolute Gasteiger partial charge is 0.295 e. The monoisotopic (exact) mass is 958 g/mol. The van der Waals surface area contributed by atoms with E-state index in [4.69, 9.17) is 9.97 Å². The summed E-state index contributed by atoms with van der Waals surface area (Å²) in [5.74, 6) is 0.754. The largest absolute Gasteiger partial charge is 0.340 e. The highest BCUT2D eigenvalue weighted by molar-refractivity contribution is 8.00. The van der Waals surface area contributed by atoms with E-state index < -0.39 is 30.0 Å². The summed E-state index contributed by atoms with van der Waals surface area (Å²) in [5, 5.41) is 8.49.